The Morgan fingerprint density at radius 1 is 1.43 bits per heavy atom. The molecule has 1 aliphatic rings. The Morgan fingerprint density at radius 3 is 2.50 bits per heavy atom. The summed E-state index contributed by atoms with van der Waals surface area (Å²) in [5.41, 5.74) is 4.70. The standard InChI is InChI=1S/C8H10F3N3/c9-8(10,11)7-1-2-14(13-7)6-3-5(12)4-6/h1-2,5-6H,3-4,12H2. The first-order valence-corrected chi connectivity index (χ1v) is 4.35. The molecular formula is C8H10F3N3. The predicted molar refractivity (Wildman–Crippen MR) is 43.5 cm³/mol. The summed E-state index contributed by atoms with van der Waals surface area (Å²) in [4.78, 5) is 0. The summed E-state index contributed by atoms with van der Waals surface area (Å²) in [6.07, 6.45) is -1.57. The summed E-state index contributed by atoms with van der Waals surface area (Å²) in [5, 5.41) is 3.47. The van der Waals surface area contributed by atoms with Crippen molar-refractivity contribution in [1.82, 2.24) is 9.78 Å². The molecule has 1 saturated carbocycles. The van der Waals surface area contributed by atoms with E-state index in [-0.39, 0.29) is 12.1 Å². The van der Waals surface area contributed by atoms with Crippen LogP contribution in [0.3, 0.4) is 0 Å². The van der Waals surface area contributed by atoms with E-state index in [1.54, 1.807) is 0 Å². The molecule has 0 aliphatic heterocycles. The van der Waals surface area contributed by atoms with Gasteiger partial charge in [-0.05, 0) is 18.9 Å². The molecule has 0 aromatic carbocycles. The van der Waals surface area contributed by atoms with Crippen LogP contribution in [0, 0.1) is 0 Å². The van der Waals surface area contributed by atoms with Gasteiger partial charge in [0, 0.05) is 12.2 Å². The Hall–Kier alpha value is -1.04. The lowest BCUT2D eigenvalue weighted by atomic mass is 9.88. The maximum Gasteiger partial charge on any atom is 0.435 e. The lowest BCUT2D eigenvalue weighted by Crippen LogP contribution is -2.38. The Morgan fingerprint density at radius 2 is 2.07 bits per heavy atom. The predicted octanol–water partition coefficient (Wildman–Crippen LogP) is 1.56. The molecular weight excluding hydrogens is 195 g/mol. The Kier molecular flexibility index (Phi) is 2.02. The molecule has 0 amide bonds. The highest BCUT2D eigenvalue weighted by Crippen LogP contribution is 2.32. The van der Waals surface area contributed by atoms with Crippen molar-refractivity contribution in [2.75, 3.05) is 0 Å². The van der Waals surface area contributed by atoms with Crippen molar-refractivity contribution in [3.63, 3.8) is 0 Å². The highest BCUT2D eigenvalue weighted by atomic mass is 19.4. The van der Waals surface area contributed by atoms with Gasteiger partial charge in [-0.25, -0.2) is 0 Å². The normalized spacial score (nSPS) is 27.4. The minimum atomic E-state index is -4.35. The highest BCUT2D eigenvalue weighted by Gasteiger charge is 2.35. The lowest BCUT2D eigenvalue weighted by molar-refractivity contribution is -0.141. The molecule has 1 fully saturated rings. The van der Waals surface area contributed by atoms with Crippen LogP contribution in [0.1, 0.15) is 24.6 Å². The number of nitrogens with two attached hydrogens (primary N) is 1. The Balaban J connectivity index is 2.11. The molecule has 6 heteroatoms. The van der Waals surface area contributed by atoms with Crippen molar-refractivity contribution in [2.24, 2.45) is 5.73 Å². The quantitative estimate of drug-likeness (QED) is 0.756. The zero-order chi connectivity index (χ0) is 10.3. The molecule has 0 spiro atoms. The average molecular weight is 205 g/mol. The summed E-state index contributed by atoms with van der Waals surface area (Å²) in [6, 6.07) is 1.14. The molecule has 78 valence electrons. The van der Waals surface area contributed by atoms with E-state index in [0.717, 1.165) is 6.07 Å². The second kappa shape index (κ2) is 2.98. The number of alkyl halides is 3. The monoisotopic (exact) mass is 205 g/mol. The van der Waals surface area contributed by atoms with Crippen LogP contribution < -0.4 is 5.73 Å². The molecule has 1 aromatic rings. The van der Waals surface area contributed by atoms with E-state index < -0.39 is 11.9 Å². The summed E-state index contributed by atoms with van der Waals surface area (Å²) in [6.45, 7) is 0. The molecule has 1 aromatic heterocycles. The molecule has 3 nitrogen and oxygen atoms in total. The molecule has 1 heterocycles. The SMILES string of the molecule is NC1CC(n2ccc(C(F)(F)F)n2)C1. The topological polar surface area (TPSA) is 43.8 Å². The number of aromatic nitrogens is 2. The van der Waals surface area contributed by atoms with E-state index >= 15 is 0 Å². The summed E-state index contributed by atoms with van der Waals surface area (Å²) < 4.78 is 37.8. The molecule has 0 radical (unpaired) electrons. The van der Waals surface area contributed by atoms with Crippen molar-refractivity contribution >= 4 is 0 Å². The summed E-state index contributed by atoms with van der Waals surface area (Å²) >= 11 is 0. The second-order valence-corrected chi connectivity index (χ2v) is 3.56. The van der Waals surface area contributed by atoms with Gasteiger partial charge in [-0.1, -0.05) is 0 Å². The third-order valence-electron chi connectivity index (χ3n) is 2.42. The van der Waals surface area contributed by atoms with Gasteiger partial charge >= 0.3 is 6.18 Å². The van der Waals surface area contributed by atoms with Gasteiger partial charge in [0.1, 0.15) is 0 Å². The Labute approximate surface area is 78.7 Å². The van der Waals surface area contributed by atoms with Gasteiger partial charge in [0.05, 0.1) is 6.04 Å². The van der Waals surface area contributed by atoms with Gasteiger partial charge in [0.25, 0.3) is 0 Å². The van der Waals surface area contributed by atoms with Crippen molar-refractivity contribution in [1.29, 1.82) is 0 Å². The van der Waals surface area contributed by atoms with Crippen molar-refractivity contribution in [3.05, 3.63) is 18.0 Å². The van der Waals surface area contributed by atoms with E-state index in [0.29, 0.717) is 12.8 Å². The fourth-order valence-electron chi connectivity index (χ4n) is 1.54. The van der Waals surface area contributed by atoms with Crippen LogP contribution in [0.4, 0.5) is 13.2 Å². The molecule has 14 heavy (non-hydrogen) atoms. The fraction of sp³-hybridized carbons (Fsp3) is 0.625. The van der Waals surface area contributed by atoms with Crippen LogP contribution in [0.2, 0.25) is 0 Å². The van der Waals surface area contributed by atoms with Crippen LogP contribution >= 0.6 is 0 Å². The molecule has 2 N–H and O–H groups in total. The molecule has 0 atom stereocenters. The smallest absolute Gasteiger partial charge is 0.328 e. The van der Waals surface area contributed by atoms with Crippen molar-refractivity contribution in [2.45, 2.75) is 31.1 Å². The second-order valence-electron chi connectivity index (χ2n) is 3.56. The van der Waals surface area contributed by atoms with Gasteiger partial charge in [-0.3, -0.25) is 4.68 Å². The van der Waals surface area contributed by atoms with E-state index in [1.165, 1.54) is 10.9 Å². The van der Waals surface area contributed by atoms with Crippen LogP contribution in [-0.4, -0.2) is 15.8 Å². The number of hydrogen-bond acceptors (Lipinski definition) is 2. The Bertz CT molecular complexity index is 325. The zero-order valence-corrected chi connectivity index (χ0v) is 7.33. The van der Waals surface area contributed by atoms with Gasteiger partial charge in [0.15, 0.2) is 5.69 Å². The van der Waals surface area contributed by atoms with E-state index in [2.05, 4.69) is 5.10 Å². The van der Waals surface area contributed by atoms with Crippen molar-refractivity contribution in [3.8, 4) is 0 Å². The van der Waals surface area contributed by atoms with Crippen LogP contribution in [0.15, 0.2) is 12.3 Å². The number of halogens is 3. The van der Waals surface area contributed by atoms with E-state index in [9.17, 15) is 13.2 Å². The highest BCUT2D eigenvalue weighted by molar-refractivity contribution is 5.05. The third-order valence-corrected chi connectivity index (χ3v) is 2.42. The van der Waals surface area contributed by atoms with Gasteiger partial charge in [-0.2, -0.15) is 18.3 Å². The van der Waals surface area contributed by atoms with Crippen LogP contribution in [0.25, 0.3) is 0 Å². The molecule has 0 saturated heterocycles. The summed E-state index contributed by atoms with van der Waals surface area (Å²) in [5.74, 6) is 0. The van der Waals surface area contributed by atoms with Crippen LogP contribution in [0.5, 0.6) is 0 Å². The van der Waals surface area contributed by atoms with Gasteiger partial charge in [0.2, 0.25) is 0 Å². The number of rotatable bonds is 1. The minimum absolute atomic E-state index is 0.0427. The van der Waals surface area contributed by atoms with Crippen molar-refractivity contribution < 1.29 is 13.2 Å². The number of hydrogen-bond donors (Lipinski definition) is 1. The van der Waals surface area contributed by atoms with Crippen LogP contribution in [-0.2, 0) is 6.18 Å². The number of nitrogens with zero attached hydrogens (tertiary/aromatic N) is 2. The maximum atomic E-state index is 12.2. The first-order chi connectivity index (χ1) is 6.47. The first kappa shape index (κ1) is 9.51. The molecule has 0 unspecified atom stereocenters. The summed E-state index contributed by atoms with van der Waals surface area (Å²) in [7, 11) is 0. The average Bonchev–Trinajstić information content (AvgIpc) is 2.45. The molecule has 0 bridgehead atoms. The maximum absolute atomic E-state index is 12.2. The lowest BCUT2D eigenvalue weighted by Gasteiger charge is -2.32. The fourth-order valence-corrected chi connectivity index (χ4v) is 1.54. The minimum Gasteiger partial charge on any atom is -0.328 e. The van der Waals surface area contributed by atoms with E-state index in [1.807, 2.05) is 0 Å². The zero-order valence-electron chi connectivity index (χ0n) is 7.33. The first-order valence-electron chi connectivity index (χ1n) is 4.35. The van der Waals surface area contributed by atoms with E-state index in [4.69, 9.17) is 5.73 Å². The van der Waals surface area contributed by atoms with Gasteiger partial charge < -0.3 is 5.73 Å². The largest absolute Gasteiger partial charge is 0.435 e. The molecule has 1 aliphatic carbocycles. The van der Waals surface area contributed by atoms with Gasteiger partial charge in [-0.15, -0.1) is 0 Å². The third kappa shape index (κ3) is 1.61. The molecule has 2 rings (SSSR count).